The molecule has 5 heteroatoms. The number of hydrogen-bond donors (Lipinski definition) is 1. The van der Waals surface area contributed by atoms with Gasteiger partial charge in [-0.1, -0.05) is 0 Å². The lowest BCUT2D eigenvalue weighted by Gasteiger charge is -2.17. The van der Waals surface area contributed by atoms with Gasteiger partial charge in [0.05, 0.1) is 10.4 Å². The number of carbonyl (C=O) groups excluding carboxylic acids is 1. The monoisotopic (exact) mass is 249 g/mol. The molecule has 0 aromatic carbocycles. The number of anilines is 1. The number of pyridine rings is 1. The fourth-order valence-electron chi connectivity index (χ4n) is 1.78. The fourth-order valence-corrected chi connectivity index (χ4v) is 2.84. The van der Waals surface area contributed by atoms with Gasteiger partial charge in [0.15, 0.2) is 0 Å². The molecule has 0 atom stereocenters. The number of rotatable bonds is 3. The Morgan fingerprint density at radius 2 is 2.18 bits per heavy atom. The van der Waals surface area contributed by atoms with Crippen molar-refractivity contribution in [1.29, 1.82) is 0 Å². The molecule has 0 bridgehead atoms. The predicted octanol–water partition coefficient (Wildman–Crippen LogP) is 2.36. The zero-order valence-electron chi connectivity index (χ0n) is 9.93. The Labute approximate surface area is 104 Å². The summed E-state index contributed by atoms with van der Waals surface area (Å²) in [4.78, 5) is 18.7. The lowest BCUT2D eigenvalue weighted by atomic mass is 10.2. The highest BCUT2D eigenvalue weighted by Crippen LogP contribution is 2.33. The third-order valence-electron chi connectivity index (χ3n) is 2.78. The normalized spacial score (nSPS) is 10.7. The van der Waals surface area contributed by atoms with Crippen LogP contribution in [-0.2, 0) is 0 Å². The minimum Gasteiger partial charge on any atom is -0.397 e. The summed E-state index contributed by atoms with van der Waals surface area (Å²) >= 11 is 1.41. The summed E-state index contributed by atoms with van der Waals surface area (Å²) in [6.45, 7) is 5.32. The minimum absolute atomic E-state index is 0.00806. The van der Waals surface area contributed by atoms with Crippen molar-refractivity contribution in [3.8, 4) is 0 Å². The van der Waals surface area contributed by atoms with Gasteiger partial charge in [-0.25, -0.2) is 0 Å². The third-order valence-corrected chi connectivity index (χ3v) is 3.92. The minimum atomic E-state index is 0.00806. The quantitative estimate of drug-likeness (QED) is 0.908. The van der Waals surface area contributed by atoms with E-state index in [2.05, 4.69) is 4.98 Å². The maximum Gasteiger partial charge on any atom is 0.266 e. The Kier molecular flexibility index (Phi) is 3.28. The van der Waals surface area contributed by atoms with Gasteiger partial charge < -0.3 is 10.6 Å². The molecule has 0 aliphatic heterocycles. The highest BCUT2D eigenvalue weighted by atomic mass is 32.1. The standard InChI is InChI=1S/C12H15N3OS/c1-3-15(4-2)12(16)11-10(13)8-5-6-14-7-9(8)17-11/h5-7H,3-4,13H2,1-2H3. The van der Waals surface area contributed by atoms with E-state index in [9.17, 15) is 4.79 Å². The summed E-state index contributed by atoms with van der Waals surface area (Å²) in [5.74, 6) is 0.00806. The number of thiophene rings is 1. The Bertz CT molecular complexity index is 546. The van der Waals surface area contributed by atoms with E-state index in [4.69, 9.17) is 5.73 Å². The van der Waals surface area contributed by atoms with Gasteiger partial charge in [0, 0.05) is 30.9 Å². The van der Waals surface area contributed by atoms with Crippen LogP contribution in [0.4, 0.5) is 5.69 Å². The molecule has 4 nitrogen and oxygen atoms in total. The van der Waals surface area contributed by atoms with E-state index < -0.39 is 0 Å². The van der Waals surface area contributed by atoms with Crippen LogP contribution in [0.1, 0.15) is 23.5 Å². The van der Waals surface area contributed by atoms with Crippen LogP contribution >= 0.6 is 11.3 Å². The lowest BCUT2D eigenvalue weighted by Crippen LogP contribution is -2.30. The van der Waals surface area contributed by atoms with Gasteiger partial charge in [0.1, 0.15) is 4.88 Å². The first-order valence-corrected chi connectivity index (χ1v) is 6.41. The molecule has 2 rings (SSSR count). The summed E-state index contributed by atoms with van der Waals surface area (Å²) in [6.07, 6.45) is 3.44. The van der Waals surface area contributed by atoms with E-state index >= 15 is 0 Å². The highest BCUT2D eigenvalue weighted by Gasteiger charge is 2.19. The van der Waals surface area contributed by atoms with Gasteiger partial charge >= 0.3 is 0 Å². The molecule has 0 aliphatic carbocycles. The van der Waals surface area contributed by atoms with Gasteiger partial charge in [-0.15, -0.1) is 11.3 Å². The summed E-state index contributed by atoms with van der Waals surface area (Å²) in [5, 5.41) is 0.917. The molecular weight excluding hydrogens is 234 g/mol. The summed E-state index contributed by atoms with van der Waals surface area (Å²) in [7, 11) is 0. The molecule has 17 heavy (non-hydrogen) atoms. The van der Waals surface area contributed by atoms with Crippen molar-refractivity contribution in [2.45, 2.75) is 13.8 Å². The van der Waals surface area contributed by atoms with Gasteiger partial charge in [-0.3, -0.25) is 9.78 Å². The van der Waals surface area contributed by atoms with Crippen LogP contribution in [0.3, 0.4) is 0 Å². The van der Waals surface area contributed by atoms with E-state index in [1.54, 1.807) is 17.3 Å². The van der Waals surface area contributed by atoms with Crippen LogP contribution < -0.4 is 5.73 Å². The Balaban J connectivity index is 2.49. The number of hydrogen-bond acceptors (Lipinski definition) is 4. The molecular formula is C12H15N3OS. The number of nitrogens with two attached hydrogens (primary N) is 1. The molecule has 2 heterocycles. The van der Waals surface area contributed by atoms with E-state index in [-0.39, 0.29) is 5.91 Å². The number of nitrogens with zero attached hydrogens (tertiary/aromatic N) is 2. The van der Waals surface area contributed by atoms with Crippen molar-refractivity contribution in [2.24, 2.45) is 0 Å². The molecule has 0 fully saturated rings. The number of amides is 1. The fraction of sp³-hybridized carbons (Fsp3) is 0.333. The number of aromatic nitrogens is 1. The Hall–Kier alpha value is -1.62. The Morgan fingerprint density at radius 3 is 2.76 bits per heavy atom. The van der Waals surface area contributed by atoms with E-state index in [0.29, 0.717) is 23.7 Å². The summed E-state index contributed by atoms with van der Waals surface area (Å²) in [5.41, 5.74) is 6.60. The van der Waals surface area contributed by atoms with Crippen LogP contribution in [0.2, 0.25) is 0 Å². The first-order chi connectivity index (χ1) is 8.19. The molecule has 0 unspecified atom stereocenters. The summed E-state index contributed by atoms with van der Waals surface area (Å²) in [6, 6.07) is 1.85. The van der Waals surface area contributed by atoms with Crippen LogP contribution in [-0.4, -0.2) is 28.9 Å². The van der Waals surface area contributed by atoms with Gasteiger partial charge in [0.2, 0.25) is 0 Å². The van der Waals surface area contributed by atoms with Crippen molar-refractivity contribution >= 4 is 33.0 Å². The lowest BCUT2D eigenvalue weighted by molar-refractivity contribution is 0.0779. The van der Waals surface area contributed by atoms with Gasteiger partial charge in [-0.2, -0.15) is 0 Å². The topological polar surface area (TPSA) is 59.2 Å². The van der Waals surface area contributed by atoms with Crippen molar-refractivity contribution in [3.05, 3.63) is 23.3 Å². The molecule has 0 saturated carbocycles. The first kappa shape index (κ1) is 11.9. The molecule has 2 N–H and O–H groups in total. The van der Waals surface area contributed by atoms with E-state index in [0.717, 1.165) is 10.1 Å². The summed E-state index contributed by atoms with van der Waals surface area (Å²) < 4.78 is 0.959. The average Bonchev–Trinajstić information content (AvgIpc) is 2.69. The molecule has 0 radical (unpaired) electrons. The van der Waals surface area contributed by atoms with Gasteiger partial charge in [-0.05, 0) is 19.9 Å². The van der Waals surface area contributed by atoms with Crippen molar-refractivity contribution < 1.29 is 4.79 Å². The van der Waals surface area contributed by atoms with Crippen LogP contribution in [0.5, 0.6) is 0 Å². The van der Waals surface area contributed by atoms with E-state index in [1.807, 2.05) is 19.9 Å². The average molecular weight is 249 g/mol. The molecule has 90 valence electrons. The zero-order chi connectivity index (χ0) is 12.4. The maximum atomic E-state index is 12.2. The third kappa shape index (κ3) is 1.98. The van der Waals surface area contributed by atoms with Gasteiger partial charge in [0.25, 0.3) is 5.91 Å². The molecule has 2 aromatic rings. The molecule has 1 amide bonds. The second kappa shape index (κ2) is 4.71. The first-order valence-electron chi connectivity index (χ1n) is 5.60. The molecule has 2 aromatic heterocycles. The maximum absolute atomic E-state index is 12.2. The van der Waals surface area contributed by atoms with Crippen molar-refractivity contribution in [3.63, 3.8) is 0 Å². The van der Waals surface area contributed by atoms with Crippen LogP contribution in [0, 0.1) is 0 Å². The molecule has 0 aliphatic rings. The number of carbonyl (C=O) groups is 1. The highest BCUT2D eigenvalue weighted by molar-refractivity contribution is 7.21. The SMILES string of the molecule is CCN(CC)C(=O)c1sc2cnccc2c1N. The second-order valence-electron chi connectivity index (χ2n) is 3.69. The number of fused-ring (bicyclic) bond motifs is 1. The molecule has 0 spiro atoms. The van der Waals surface area contributed by atoms with Crippen LogP contribution in [0.25, 0.3) is 10.1 Å². The zero-order valence-corrected chi connectivity index (χ0v) is 10.8. The largest absolute Gasteiger partial charge is 0.397 e. The molecule has 0 saturated heterocycles. The van der Waals surface area contributed by atoms with E-state index in [1.165, 1.54) is 11.3 Å². The van der Waals surface area contributed by atoms with Crippen molar-refractivity contribution in [2.75, 3.05) is 18.8 Å². The number of nitrogen functional groups attached to an aromatic ring is 1. The smallest absolute Gasteiger partial charge is 0.266 e. The van der Waals surface area contributed by atoms with Crippen LogP contribution in [0.15, 0.2) is 18.5 Å². The second-order valence-corrected chi connectivity index (χ2v) is 4.75. The predicted molar refractivity (Wildman–Crippen MR) is 71.3 cm³/mol. The Morgan fingerprint density at radius 1 is 1.47 bits per heavy atom. The van der Waals surface area contributed by atoms with Crippen molar-refractivity contribution in [1.82, 2.24) is 9.88 Å².